The molecule has 4 heteroatoms. The number of benzene rings is 2. The standard InChI is InChI=1S/C17H16N2OS/c1-11-9-12-13(10-19-11)14(18)7-8-15(12)20-16-5-3-4-6-17(16)21-2/h3-10H,18H2,1-2H3. The van der Waals surface area contributed by atoms with Crippen molar-refractivity contribution < 1.29 is 4.74 Å². The average Bonchev–Trinajstić information content (AvgIpc) is 2.50. The highest BCUT2D eigenvalue weighted by atomic mass is 32.2. The maximum Gasteiger partial charge on any atom is 0.140 e. The summed E-state index contributed by atoms with van der Waals surface area (Å²) in [6.45, 7) is 1.96. The van der Waals surface area contributed by atoms with Crippen LogP contribution < -0.4 is 10.5 Å². The first-order valence-electron chi connectivity index (χ1n) is 6.65. The molecule has 0 saturated carbocycles. The van der Waals surface area contributed by atoms with Gasteiger partial charge in [-0.25, -0.2) is 0 Å². The third-order valence-corrected chi connectivity index (χ3v) is 4.10. The maximum absolute atomic E-state index is 6.12. The number of hydrogen-bond acceptors (Lipinski definition) is 4. The number of thioether (sulfide) groups is 1. The number of nitrogen functional groups attached to an aromatic ring is 1. The van der Waals surface area contributed by atoms with Gasteiger partial charge in [0, 0.05) is 33.2 Å². The second-order valence-corrected chi connectivity index (χ2v) is 5.63. The molecule has 1 aromatic heterocycles. The van der Waals surface area contributed by atoms with Gasteiger partial charge < -0.3 is 10.5 Å². The summed E-state index contributed by atoms with van der Waals surface area (Å²) in [6, 6.07) is 13.8. The van der Waals surface area contributed by atoms with Crippen molar-refractivity contribution in [2.24, 2.45) is 0 Å². The first kappa shape index (κ1) is 13.8. The molecule has 0 fully saturated rings. The van der Waals surface area contributed by atoms with E-state index >= 15 is 0 Å². The Morgan fingerprint density at radius 2 is 1.86 bits per heavy atom. The number of fused-ring (bicyclic) bond motifs is 1. The summed E-state index contributed by atoms with van der Waals surface area (Å²) in [6.07, 6.45) is 3.84. The van der Waals surface area contributed by atoms with Crippen LogP contribution in [0.15, 0.2) is 53.6 Å². The molecule has 0 aliphatic heterocycles. The van der Waals surface area contributed by atoms with Gasteiger partial charge in [-0.15, -0.1) is 11.8 Å². The second kappa shape index (κ2) is 5.66. The largest absolute Gasteiger partial charge is 0.456 e. The lowest BCUT2D eigenvalue weighted by Gasteiger charge is -2.13. The van der Waals surface area contributed by atoms with Crippen molar-refractivity contribution in [3.05, 3.63) is 54.4 Å². The predicted molar refractivity (Wildman–Crippen MR) is 89.2 cm³/mol. The van der Waals surface area contributed by atoms with E-state index in [1.54, 1.807) is 18.0 Å². The van der Waals surface area contributed by atoms with Crippen LogP contribution in [-0.2, 0) is 0 Å². The van der Waals surface area contributed by atoms with Crippen molar-refractivity contribution in [1.29, 1.82) is 0 Å². The van der Waals surface area contributed by atoms with Gasteiger partial charge >= 0.3 is 0 Å². The van der Waals surface area contributed by atoms with Gasteiger partial charge in [0.25, 0.3) is 0 Å². The molecular weight excluding hydrogens is 280 g/mol. The number of aryl methyl sites for hydroxylation is 1. The third-order valence-electron chi connectivity index (χ3n) is 3.32. The summed E-state index contributed by atoms with van der Waals surface area (Å²) in [5.74, 6) is 1.65. The Morgan fingerprint density at radius 3 is 2.67 bits per heavy atom. The average molecular weight is 296 g/mol. The first-order valence-corrected chi connectivity index (χ1v) is 7.87. The van der Waals surface area contributed by atoms with Crippen LogP contribution >= 0.6 is 11.8 Å². The lowest BCUT2D eigenvalue weighted by atomic mass is 10.1. The van der Waals surface area contributed by atoms with Gasteiger partial charge in [0.1, 0.15) is 11.5 Å². The van der Waals surface area contributed by atoms with Crippen LogP contribution in [0.5, 0.6) is 11.5 Å². The predicted octanol–water partition coefficient (Wildman–Crippen LogP) is 4.64. The zero-order chi connectivity index (χ0) is 14.8. The maximum atomic E-state index is 6.12. The minimum absolute atomic E-state index is 0.711. The molecule has 3 nitrogen and oxygen atoms in total. The van der Waals surface area contributed by atoms with Crippen LogP contribution in [-0.4, -0.2) is 11.2 Å². The molecule has 21 heavy (non-hydrogen) atoms. The molecular formula is C17H16N2OS. The SMILES string of the molecule is CSc1ccccc1Oc1ccc(N)c2cnc(C)cc12. The van der Waals surface area contributed by atoms with Crippen LogP contribution in [0.4, 0.5) is 5.69 Å². The number of aromatic nitrogens is 1. The fourth-order valence-electron chi connectivity index (χ4n) is 2.25. The van der Waals surface area contributed by atoms with E-state index in [2.05, 4.69) is 4.98 Å². The van der Waals surface area contributed by atoms with Crippen LogP contribution in [0.2, 0.25) is 0 Å². The molecule has 0 aliphatic rings. The van der Waals surface area contributed by atoms with Gasteiger partial charge in [0.15, 0.2) is 0 Å². The molecule has 0 radical (unpaired) electrons. The normalized spacial score (nSPS) is 10.8. The van der Waals surface area contributed by atoms with E-state index in [1.807, 2.05) is 55.6 Å². The van der Waals surface area contributed by atoms with Crippen molar-refractivity contribution in [3.63, 3.8) is 0 Å². The lowest BCUT2D eigenvalue weighted by Crippen LogP contribution is -1.93. The molecule has 0 spiro atoms. The Balaban J connectivity index is 2.13. The highest BCUT2D eigenvalue weighted by Gasteiger charge is 2.09. The topological polar surface area (TPSA) is 48.1 Å². The fraction of sp³-hybridized carbons (Fsp3) is 0.118. The molecule has 1 heterocycles. The Hall–Kier alpha value is -2.20. The van der Waals surface area contributed by atoms with Crippen molar-refractivity contribution >= 4 is 28.2 Å². The van der Waals surface area contributed by atoms with Gasteiger partial charge in [-0.2, -0.15) is 0 Å². The quantitative estimate of drug-likeness (QED) is 0.565. The van der Waals surface area contributed by atoms with E-state index in [1.165, 1.54) is 0 Å². The molecule has 0 aliphatic carbocycles. The highest BCUT2D eigenvalue weighted by molar-refractivity contribution is 7.98. The van der Waals surface area contributed by atoms with Crippen LogP contribution in [0.25, 0.3) is 10.8 Å². The molecule has 2 N–H and O–H groups in total. The summed E-state index contributed by atoms with van der Waals surface area (Å²) in [5.41, 5.74) is 7.68. The molecule has 2 aromatic carbocycles. The molecule has 106 valence electrons. The van der Waals surface area contributed by atoms with E-state index in [4.69, 9.17) is 10.5 Å². The van der Waals surface area contributed by atoms with Crippen molar-refractivity contribution in [2.45, 2.75) is 11.8 Å². The van der Waals surface area contributed by atoms with Gasteiger partial charge in [-0.3, -0.25) is 4.98 Å². The third kappa shape index (κ3) is 2.67. The number of pyridine rings is 1. The molecule has 0 amide bonds. The minimum atomic E-state index is 0.711. The van der Waals surface area contributed by atoms with E-state index in [0.29, 0.717) is 5.69 Å². The monoisotopic (exact) mass is 296 g/mol. The zero-order valence-corrected chi connectivity index (χ0v) is 12.8. The second-order valence-electron chi connectivity index (χ2n) is 4.78. The number of ether oxygens (including phenoxy) is 1. The molecule has 3 rings (SSSR count). The Kier molecular flexibility index (Phi) is 3.71. The highest BCUT2D eigenvalue weighted by Crippen LogP contribution is 2.36. The Morgan fingerprint density at radius 1 is 1.05 bits per heavy atom. The van der Waals surface area contributed by atoms with E-state index in [-0.39, 0.29) is 0 Å². The fourth-order valence-corrected chi connectivity index (χ4v) is 2.77. The summed E-state index contributed by atoms with van der Waals surface area (Å²) in [5, 5.41) is 1.90. The number of hydrogen-bond donors (Lipinski definition) is 1. The summed E-state index contributed by atoms with van der Waals surface area (Å²) >= 11 is 1.66. The lowest BCUT2D eigenvalue weighted by molar-refractivity contribution is 0.476. The summed E-state index contributed by atoms with van der Waals surface area (Å²) < 4.78 is 6.12. The van der Waals surface area contributed by atoms with E-state index < -0.39 is 0 Å². The first-order chi connectivity index (χ1) is 10.2. The van der Waals surface area contributed by atoms with Gasteiger partial charge in [0.05, 0.1) is 0 Å². The van der Waals surface area contributed by atoms with Crippen LogP contribution in [0, 0.1) is 6.92 Å². The van der Waals surface area contributed by atoms with Crippen LogP contribution in [0.1, 0.15) is 5.69 Å². The van der Waals surface area contributed by atoms with E-state index in [9.17, 15) is 0 Å². The van der Waals surface area contributed by atoms with Crippen molar-refractivity contribution in [2.75, 3.05) is 12.0 Å². The number of nitrogens with two attached hydrogens (primary N) is 1. The number of para-hydroxylation sites is 1. The molecule has 0 bridgehead atoms. The van der Waals surface area contributed by atoms with Crippen molar-refractivity contribution in [3.8, 4) is 11.5 Å². The molecule has 0 atom stereocenters. The zero-order valence-electron chi connectivity index (χ0n) is 12.0. The summed E-state index contributed by atoms with van der Waals surface area (Å²) in [7, 11) is 0. The molecule has 3 aromatic rings. The minimum Gasteiger partial charge on any atom is -0.456 e. The number of anilines is 1. The van der Waals surface area contributed by atoms with Crippen LogP contribution in [0.3, 0.4) is 0 Å². The molecule has 0 unspecified atom stereocenters. The number of nitrogens with zero attached hydrogens (tertiary/aromatic N) is 1. The van der Waals surface area contributed by atoms with Gasteiger partial charge in [0.2, 0.25) is 0 Å². The summed E-state index contributed by atoms with van der Waals surface area (Å²) in [4.78, 5) is 5.42. The van der Waals surface area contributed by atoms with E-state index in [0.717, 1.165) is 32.9 Å². The van der Waals surface area contributed by atoms with Gasteiger partial charge in [-0.1, -0.05) is 12.1 Å². The smallest absolute Gasteiger partial charge is 0.140 e. The Bertz CT molecular complexity index is 802. The molecule has 0 saturated heterocycles. The van der Waals surface area contributed by atoms with Crippen molar-refractivity contribution in [1.82, 2.24) is 4.98 Å². The number of rotatable bonds is 3. The Labute approximate surface area is 128 Å². The van der Waals surface area contributed by atoms with Gasteiger partial charge in [-0.05, 0) is 43.5 Å².